The Morgan fingerprint density at radius 1 is 1.16 bits per heavy atom. The van der Waals surface area contributed by atoms with E-state index in [9.17, 15) is 0 Å². The Morgan fingerprint density at radius 2 is 1.89 bits per heavy atom. The Bertz CT molecular complexity index is 571. The Labute approximate surface area is 112 Å². The summed E-state index contributed by atoms with van der Waals surface area (Å²) in [5.41, 5.74) is 1.92. The fourth-order valence-corrected chi connectivity index (χ4v) is 1.64. The molecule has 0 amide bonds. The molecule has 0 aliphatic rings. The highest BCUT2D eigenvalue weighted by Crippen LogP contribution is 2.16. The van der Waals surface area contributed by atoms with Gasteiger partial charge in [0, 0.05) is 12.2 Å². The van der Waals surface area contributed by atoms with Gasteiger partial charge in [0.2, 0.25) is 0 Å². The molecule has 0 radical (unpaired) electrons. The number of benzene rings is 1. The summed E-state index contributed by atoms with van der Waals surface area (Å²) in [6, 6.07) is 9.82. The Hall–Kier alpha value is -2.61. The van der Waals surface area contributed by atoms with Crippen molar-refractivity contribution >= 4 is 17.3 Å². The first-order chi connectivity index (χ1) is 9.31. The lowest BCUT2D eigenvalue weighted by Gasteiger charge is -2.07. The van der Waals surface area contributed by atoms with Gasteiger partial charge < -0.3 is 10.6 Å². The SMILES string of the molecule is CCNc1cncc(Nc2ccc(CC#N)cc2)n1. The minimum absolute atomic E-state index is 0.427. The molecule has 5 nitrogen and oxygen atoms in total. The van der Waals surface area contributed by atoms with Crippen LogP contribution in [0.1, 0.15) is 12.5 Å². The molecule has 2 aromatic rings. The van der Waals surface area contributed by atoms with Gasteiger partial charge in [0.1, 0.15) is 5.82 Å². The molecule has 96 valence electrons. The van der Waals surface area contributed by atoms with Crippen molar-refractivity contribution in [2.45, 2.75) is 13.3 Å². The maximum atomic E-state index is 8.61. The molecule has 19 heavy (non-hydrogen) atoms. The molecule has 0 bridgehead atoms. The lowest BCUT2D eigenvalue weighted by atomic mass is 10.1. The zero-order valence-corrected chi connectivity index (χ0v) is 10.7. The van der Waals surface area contributed by atoms with E-state index in [4.69, 9.17) is 5.26 Å². The lowest BCUT2D eigenvalue weighted by Crippen LogP contribution is -2.02. The van der Waals surface area contributed by atoms with Gasteiger partial charge in [-0.3, -0.25) is 4.98 Å². The molecule has 0 saturated heterocycles. The van der Waals surface area contributed by atoms with Crippen molar-refractivity contribution in [2.75, 3.05) is 17.2 Å². The van der Waals surface area contributed by atoms with Crippen LogP contribution in [0.15, 0.2) is 36.7 Å². The smallest absolute Gasteiger partial charge is 0.151 e. The van der Waals surface area contributed by atoms with E-state index in [1.165, 1.54) is 0 Å². The van der Waals surface area contributed by atoms with Gasteiger partial charge in [-0.2, -0.15) is 5.26 Å². The second-order valence-corrected chi connectivity index (χ2v) is 3.98. The normalized spacial score (nSPS) is 9.68. The van der Waals surface area contributed by atoms with E-state index in [0.29, 0.717) is 12.2 Å². The summed E-state index contributed by atoms with van der Waals surface area (Å²) in [5.74, 6) is 1.43. The fraction of sp³-hybridized carbons (Fsp3) is 0.214. The van der Waals surface area contributed by atoms with Crippen LogP contribution in [0.2, 0.25) is 0 Å². The predicted molar refractivity (Wildman–Crippen MR) is 75.2 cm³/mol. The Kier molecular flexibility index (Phi) is 4.29. The molecule has 1 aromatic heterocycles. The summed E-state index contributed by atoms with van der Waals surface area (Å²) < 4.78 is 0. The minimum atomic E-state index is 0.427. The largest absolute Gasteiger partial charge is 0.369 e. The summed E-state index contributed by atoms with van der Waals surface area (Å²) in [6.45, 7) is 2.82. The van der Waals surface area contributed by atoms with Gasteiger partial charge in [-0.05, 0) is 24.6 Å². The van der Waals surface area contributed by atoms with E-state index in [1.54, 1.807) is 12.4 Å². The summed E-state index contributed by atoms with van der Waals surface area (Å²) in [5, 5.41) is 14.9. The molecule has 0 saturated carbocycles. The van der Waals surface area contributed by atoms with Gasteiger partial charge in [-0.15, -0.1) is 0 Å². The molecule has 0 fully saturated rings. The summed E-state index contributed by atoms with van der Waals surface area (Å²) in [7, 11) is 0. The number of nitrogens with one attached hydrogen (secondary N) is 2. The standard InChI is InChI=1S/C14H15N5/c1-2-17-13-9-16-10-14(19-13)18-12-5-3-11(4-6-12)7-8-15/h3-6,9-10H,2,7H2,1H3,(H2,17,18,19). The average Bonchev–Trinajstić information content (AvgIpc) is 2.42. The fourth-order valence-electron chi connectivity index (χ4n) is 1.64. The molecule has 0 atom stereocenters. The van der Waals surface area contributed by atoms with Crippen molar-refractivity contribution in [3.8, 4) is 6.07 Å². The third-order valence-corrected chi connectivity index (χ3v) is 2.50. The van der Waals surface area contributed by atoms with Crippen LogP contribution in [0, 0.1) is 11.3 Å². The zero-order valence-electron chi connectivity index (χ0n) is 10.7. The third kappa shape index (κ3) is 3.68. The molecule has 0 aliphatic heterocycles. The van der Waals surface area contributed by atoms with Crippen LogP contribution >= 0.6 is 0 Å². The molecule has 5 heteroatoms. The van der Waals surface area contributed by atoms with E-state index >= 15 is 0 Å². The number of rotatable bonds is 5. The van der Waals surface area contributed by atoms with Crippen LogP contribution < -0.4 is 10.6 Å². The van der Waals surface area contributed by atoms with Gasteiger partial charge in [0.25, 0.3) is 0 Å². The molecular weight excluding hydrogens is 238 g/mol. The highest BCUT2D eigenvalue weighted by Gasteiger charge is 1.99. The van der Waals surface area contributed by atoms with Crippen LogP contribution in [-0.4, -0.2) is 16.5 Å². The maximum absolute atomic E-state index is 8.61. The number of anilines is 3. The van der Waals surface area contributed by atoms with E-state index < -0.39 is 0 Å². The lowest BCUT2D eigenvalue weighted by molar-refractivity contribution is 1.12. The highest BCUT2D eigenvalue weighted by molar-refractivity contribution is 5.57. The molecule has 1 aromatic carbocycles. The Morgan fingerprint density at radius 3 is 2.58 bits per heavy atom. The van der Waals surface area contributed by atoms with E-state index in [2.05, 4.69) is 26.7 Å². The van der Waals surface area contributed by atoms with Crippen molar-refractivity contribution < 1.29 is 0 Å². The Balaban J connectivity index is 2.08. The van der Waals surface area contributed by atoms with Crippen LogP contribution in [-0.2, 0) is 6.42 Å². The summed E-state index contributed by atoms with van der Waals surface area (Å²) in [6.07, 6.45) is 3.78. The molecule has 0 aliphatic carbocycles. The summed E-state index contributed by atoms with van der Waals surface area (Å²) in [4.78, 5) is 8.50. The first-order valence-electron chi connectivity index (χ1n) is 6.10. The quantitative estimate of drug-likeness (QED) is 0.857. The van der Waals surface area contributed by atoms with Crippen molar-refractivity contribution in [3.63, 3.8) is 0 Å². The molecule has 0 spiro atoms. The van der Waals surface area contributed by atoms with E-state index in [-0.39, 0.29) is 0 Å². The topological polar surface area (TPSA) is 73.6 Å². The molecule has 0 unspecified atom stereocenters. The summed E-state index contributed by atoms with van der Waals surface area (Å²) >= 11 is 0. The van der Waals surface area contributed by atoms with Crippen LogP contribution in [0.5, 0.6) is 0 Å². The average molecular weight is 253 g/mol. The van der Waals surface area contributed by atoms with E-state index in [1.807, 2.05) is 31.2 Å². The number of nitriles is 1. The van der Waals surface area contributed by atoms with Crippen molar-refractivity contribution in [1.29, 1.82) is 5.26 Å². The van der Waals surface area contributed by atoms with Crippen molar-refractivity contribution in [3.05, 3.63) is 42.2 Å². The van der Waals surface area contributed by atoms with Crippen LogP contribution in [0.4, 0.5) is 17.3 Å². The minimum Gasteiger partial charge on any atom is -0.369 e. The number of aromatic nitrogens is 2. The number of hydrogen-bond donors (Lipinski definition) is 2. The molecular formula is C14H15N5. The van der Waals surface area contributed by atoms with E-state index in [0.717, 1.165) is 23.6 Å². The van der Waals surface area contributed by atoms with Crippen molar-refractivity contribution in [2.24, 2.45) is 0 Å². The number of hydrogen-bond acceptors (Lipinski definition) is 5. The van der Waals surface area contributed by atoms with Crippen molar-refractivity contribution in [1.82, 2.24) is 9.97 Å². The van der Waals surface area contributed by atoms with Gasteiger partial charge in [0.05, 0.1) is 24.9 Å². The van der Waals surface area contributed by atoms with Crippen LogP contribution in [0.25, 0.3) is 0 Å². The monoisotopic (exact) mass is 253 g/mol. The molecule has 2 rings (SSSR count). The second kappa shape index (κ2) is 6.36. The zero-order chi connectivity index (χ0) is 13.5. The molecule has 2 N–H and O–H groups in total. The third-order valence-electron chi connectivity index (χ3n) is 2.50. The first kappa shape index (κ1) is 12.8. The predicted octanol–water partition coefficient (Wildman–Crippen LogP) is 2.72. The molecule has 1 heterocycles. The van der Waals surface area contributed by atoms with Gasteiger partial charge >= 0.3 is 0 Å². The number of nitrogens with zero attached hydrogens (tertiary/aromatic N) is 3. The highest BCUT2D eigenvalue weighted by atomic mass is 15.1. The maximum Gasteiger partial charge on any atom is 0.151 e. The first-order valence-corrected chi connectivity index (χ1v) is 6.10. The van der Waals surface area contributed by atoms with Gasteiger partial charge in [-0.1, -0.05) is 12.1 Å². The van der Waals surface area contributed by atoms with Gasteiger partial charge in [0.15, 0.2) is 5.82 Å². The van der Waals surface area contributed by atoms with Gasteiger partial charge in [-0.25, -0.2) is 4.98 Å². The second-order valence-electron chi connectivity index (χ2n) is 3.98. The van der Waals surface area contributed by atoms with Crippen LogP contribution in [0.3, 0.4) is 0 Å².